The van der Waals surface area contributed by atoms with Gasteiger partial charge in [0.1, 0.15) is 6.33 Å². The number of carbonyl (C=O) groups excluding carboxylic acids is 1. The van der Waals surface area contributed by atoms with Gasteiger partial charge in [-0.3, -0.25) is 4.79 Å². The fraction of sp³-hybridized carbons (Fsp3) is 0.231. The van der Waals surface area contributed by atoms with E-state index in [1.165, 1.54) is 23.1 Å². The van der Waals surface area contributed by atoms with Gasteiger partial charge < -0.3 is 10.0 Å². The quantitative estimate of drug-likeness (QED) is 0.454. The molecule has 7 nitrogen and oxygen atoms in total. The van der Waals surface area contributed by atoms with Gasteiger partial charge in [0.05, 0.1) is 16.9 Å². The minimum Gasteiger partial charge on any atom is -0.385 e. The van der Waals surface area contributed by atoms with Crippen molar-refractivity contribution in [2.45, 2.75) is 24.6 Å². The Kier molecular flexibility index (Phi) is 6.05. The van der Waals surface area contributed by atoms with E-state index >= 15 is 0 Å². The normalized spacial score (nSPS) is 15.6. The maximum absolute atomic E-state index is 13.5. The largest absolute Gasteiger partial charge is 0.416 e. The first-order valence-electron chi connectivity index (χ1n) is 11.4. The Balaban J connectivity index is 1.40. The summed E-state index contributed by atoms with van der Waals surface area (Å²) < 4.78 is 40.9. The highest BCUT2D eigenvalue weighted by atomic mass is 19.4. The molecule has 3 aromatic carbocycles. The molecule has 1 saturated heterocycles. The van der Waals surface area contributed by atoms with E-state index in [1.54, 1.807) is 17.0 Å². The average molecular weight is 493 g/mol. The van der Waals surface area contributed by atoms with Gasteiger partial charge in [-0.1, -0.05) is 42.5 Å². The molecule has 0 spiro atoms. The smallest absolute Gasteiger partial charge is 0.385 e. The van der Waals surface area contributed by atoms with Gasteiger partial charge in [0, 0.05) is 18.7 Å². The Hall–Kier alpha value is -4.05. The summed E-state index contributed by atoms with van der Waals surface area (Å²) in [5.41, 5.74) is 0.717. The van der Waals surface area contributed by atoms with Crippen LogP contribution in [0.25, 0.3) is 16.8 Å². The summed E-state index contributed by atoms with van der Waals surface area (Å²) in [7, 11) is 0. The molecule has 0 unspecified atom stereocenters. The molecule has 1 aromatic heterocycles. The lowest BCUT2D eigenvalue weighted by molar-refractivity contribution is -0.137. The van der Waals surface area contributed by atoms with Crippen molar-refractivity contribution in [2.24, 2.45) is 0 Å². The van der Waals surface area contributed by atoms with E-state index < -0.39 is 17.3 Å². The Morgan fingerprint density at radius 3 is 2.33 bits per heavy atom. The second-order valence-electron chi connectivity index (χ2n) is 8.79. The zero-order chi connectivity index (χ0) is 25.3. The molecule has 4 aromatic rings. The van der Waals surface area contributed by atoms with E-state index in [-0.39, 0.29) is 37.4 Å². The van der Waals surface area contributed by atoms with E-state index in [0.29, 0.717) is 11.3 Å². The van der Waals surface area contributed by atoms with E-state index in [0.717, 1.165) is 23.3 Å². The highest BCUT2D eigenvalue weighted by Gasteiger charge is 2.38. The monoisotopic (exact) mass is 493 g/mol. The number of amides is 1. The van der Waals surface area contributed by atoms with Crippen LogP contribution in [0, 0.1) is 0 Å². The fourth-order valence-corrected chi connectivity index (χ4v) is 4.48. The van der Waals surface area contributed by atoms with Crippen molar-refractivity contribution < 1.29 is 23.1 Å². The lowest BCUT2D eigenvalue weighted by atomic mass is 9.83. The second-order valence-corrected chi connectivity index (χ2v) is 8.79. The van der Waals surface area contributed by atoms with Crippen molar-refractivity contribution in [3.05, 3.63) is 95.8 Å². The Morgan fingerprint density at radius 1 is 0.917 bits per heavy atom. The first-order chi connectivity index (χ1) is 17.2. The molecular formula is C26H22F3N5O2. The molecule has 1 amide bonds. The van der Waals surface area contributed by atoms with Crippen LogP contribution in [0.5, 0.6) is 0 Å². The highest BCUT2D eigenvalue weighted by Crippen LogP contribution is 2.37. The van der Waals surface area contributed by atoms with Crippen molar-refractivity contribution in [3.63, 3.8) is 0 Å². The molecule has 36 heavy (non-hydrogen) atoms. The summed E-state index contributed by atoms with van der Waals surface area (Å²) in [6.45, 7) is 0.392. The van der Waals surface area contributed by atoms with Gasteiger partial charge in [0.15, 0.2) is 0 Å². The number of nitrogens with zero attached hydrogens (tertiary/aromatic N) is 5. The Morgan fingerprint density at radius 2 is 1.67 bits per heavy atom. The molecule has 1 aliphatic rings. The van der Waals surface area contributed by atoms with Gasteiger partial charge in [-0.05, 0) is 70.3 Å². The van der Waals surface area contributed by atoms with Gasteiger partial charge in [0.2, 0.25) is 0 Å². The predicted octanol–water partition coefficient (Wildman–Crippen LogP) is 4.47. The standard InChI is InChI=1S/C26H22F3N5O2/c27-26(28,29)22-8-4-7-21(16-22)25(36)9-11-33(12-10-25)24(35)20-13-19(18-5-2-1-3-6-18)14-23(15-20)34-17-30-31-32-34/h1-8,13-17,36H,9-12H2. The molecule has 0 bridgehead atoms. The predicted molar refractivity (Wildman–Crippen MR) is 125 cm³/mol. The molecule has 10 heteroatoms. The molecular weight excluding hydrogens is 471 g/mol. The number of aliphatic hydroxyl groups is 1. The van der Waals surface area contributed by atoms with Crippen LogP contribution in [-0.4, -0.2) is 49.2 Å². The van der Waals surface area contributed by atoms with Crippen LogP contribution in [0.2, 0.25) is 0 Å². The minimum absolute atomic E-state index is 0.123. The summed E-state index contributed by atoms with van der Waals surface area (Å²) in [5, 5.41) is 22.4. The van der Waals surface area contributed by atoms with Crippen LogP contribution < -0.4 is 0 Å². The van der Waals surface area contributed by atoms with Crippen LogP contribution >= 0.6 is 0 Å². The number of hydrogen-bond acceptors (Lipinski definition) is 5. The van der Waals surface area contributed by atoms with Crippen LogP contribution in [0.3, 0.4) is 0 Å². The lowest BCUT2D eigenvalue weighted by Gasteiger charge is -2.38. The zero-order valence-electron chi connectivity index (χ0n) is 19.1. The number of hydrogen-bond donors (Lipinski definition) is 1. The van der Waals surface area contributed by atoms with E-state index in [4.69, 9.17) is 0 Å². The van der Waals surface area contributed by atoms with Crippen LogP contribution in [-0.2, 0) is 11.8 Å². The summed E-state index contributed by atoms with van der Waals surface area (Å²) >= 11 is 0. The SMILES string of the molecule is O=C(c1cc(-c2ccccc2)cc(-n2cnnn2)c1)N1CCC(O)(c2cccc(C(F)(F)F)c2)CC1. The van der Waals surface area contributed by atoms with Gasteiger partial charge in [-0.25, -0.2) is 4.68 Å². The molecule has 5 rings (SSSR count). The summed E-state index contributed by atoms with van der Waals surface area (Å²) in [5.74, 6) is -0.242. The molecule has 184 valence electrons. The number of likely N-dealkylation sites (tertiary alicyclic amines) is 1. The summed E-state index contributed by atoms with van der Waals surface area (Å²) in [6.07, 6.45) is -2.81. The highest BCUT2D eigenvalue weighted by molar-refractivity contribution is 5.96. The number of alkyl halides is 3. The van der Waals surface area contributed by atoms with E-state index in [1.807, 2.05) is 36.4 Å². The first-order valence-corrected chi connectivity index (χ1v) is 11.4. The average Bonchev–Trinajstić information content (AvgIpc) is 3.44. The summed E-state index contributed by atoms with van der Waals surface area (Å²) in [6, 6.07) is 19.7. The van der Waals surface area contributed by atoms with Gasteiger partial charge >= 0.3 is 6.18 Å². The van der Waals surface area contributed by atoms with Gasteiger partial charge in [0.25, 0.3) is 5.91 Å². The van der Waals surface area contributed by atoms with E-state index in [9.17, 15) is 23.1 Å². The maximum atomic E-state index is 13.5. The third kappa shape index (κ3) is 4.72. The third-order valence-corrected chi connectivity index (χ3v) is 6.49. The zero-order valence-corrected chi connectivity index (χ0v) is 19.1. The number of benzene rings is 3. The van der Waals surface area contributed by atoms with E-state index in [2.05, 4.69) is 15.5 Å². The first kappa shape index (κ1) is 23.7. The molecule has 0 aliphatic carbocycles. The van der Waals surface area contributed by atoms with Crippen LogP contribution in [0.15, 0.2) is 79.1 Å². The number of piperidine rings is 1. The van der Waals surface area contributed by atoms with Gasteiger partial charge in [-0.2, -0.15) is 13.2 Å². The Bertz CT molecular complexity index is 1370. The number of tetrazole rings is 1. The van der Waals surface area contributed by atoms with Crippen molar-refractivity contribution in [3.8, 4) is 16.8 Å². The minimum atomic E-state index is -4.50. The molecule has 0 atom stereocenters. The van der Waals surface area contributed by atoms with Crippen molar-refractivity contribution in [2.75, 3.05) is 13.1 Å². The van der Waals surface area contributed by atoms with Crippen LogP contribution in [0.4, 0.5) is 13.2 Å². The van der Waals surface area contributed by atoms with Crippen molar-refractivity contribution in [1.29, 1.82) is 0 Å². The molecule has 0 radical (unpaired) electrons. The summed E-state index contributed by atoms with van der Waals surface area (Å²) in [4.78, 5) is 15.1. The number of halogens is 3. The topological polar surface area (TPSA) is 84.1 Å². The van der Waals surface area contributed by atoms with Crippen molar-refractivity contribution >= 4 is 5.91 Å². The molecule has 2 heterocycles. The maximum Gasteiger partial charge on any atom is 0.416 e. The second kappa shape index (κ2) is 9.19. The van der Waals surface area contributed by atoms with Gasteiger partial charge in [-0.15, -0.1) is 5.10 Å². The fourth-order valence-electron chi connectivity index (χ4n) is 4.48. The lowest BCUT2D eigenvalue weighted by Crippen LogP contribution is -2.45. The molecule has 1 fully saturated rings. The molecule has 1 aliphatic heterocycles. The van der Waals surface area contributed by atoms with Crippen LogP contribution in [0.1, 0.15) is 34.3 Å². The van der Waals surface area contributed by atoms with Crippen molar-refractivity contribution in [1.82, 2.24) is 25.1 Å². The Labute approximate surface area is 204 Å². The number of rotatable bonds is 4. The molecule has 0 saturated carbocycles. The number of carbonyl (C=O) groups is 1. The number of aromatic nitrogens is 4. The molecule has 1 N–H and O–H groups in total. The third-order valence-electron chi connectivity index (χ3n) is 6.49.